The van der Waals surface area contributed by atoms with Gasteiger partial charge < -0.3 is 4.74 Å². The predicted octanol–water partition coefficient (Wildman–Crippen LogP) is 2.06. The normalized spacial score (nSPS) is 10.1. The quantitative estimate of drug-likeness (QED) is 0.675. The molecule has 0 amide bonds. The first-order valence-corrected chi connectivity index (χ1v) is 4.24. The summed E-state index contributed by atoms with van der Waals surface area (Å²) in [4.78, 5) is 14.8. The molecule has 0 unspecified atom stereocenters. The molecule has 3 nitrogen and oxygen atoms in total. The molecule has 0 atom stereocenters. The highest BCUT2D eigenvalue weighted by molar-refractivity contribution is 5.88. The monoisotopic (exact) mass is 187 g/mol. The molecule has 2 aromatic rings. The Morgan fingerprint density at radius 3 is 2.86 bits per heavy atom. The Morgan fingerprint density at radius 2 is 2.14 bits per heavy atom. The number of carbonyl (C=O) groups is 1. The van der Waals surface area contributed by atoms with Gasteiger partial charge in [0.1, 0.15) is 11.4 Å². The predicted molar refractivity (Wildman–Crippen MR) is 53.7 cm³/mol. The minimum absolute atomic E-state index is 0.389. The van der Waals surface area contributed by atoms with E-state index in [1.165, 1.54) is 0 Å². The molecule has 0 saturated carbocycles. The van der Waals surface area contributed by atoms with Crippen LogP contribution in [0.25, 0.3) is 10.9 Å². The van der Waals surface area contributed by atoms with Gasteiger partial charge in [0, 0.05) is 11.5 Å². The van der Waals surface area contributed by atoms with Crippen molar-refractivity contribution in [3.05, 3.63) is 36.0 Å². The van der Waals surface area contributed by atoms with Crippen LogP contribution in [0.3, 0.4) is 0 Å². The number of carbonyl (C=O) groups excluding carboxylic acids is 1. The molecule has 3 heteroatoms. The molecule has 0 radical (unpaired) electrons. The number of methoxy groups -OCH3 is 1. The summed E-state index contributed by atoms with van der Waals surface area (Å²) in [5.74, 6) is 0.678. The number of para-hydroxylation sites is 1. The van der Waals surface area contributed by atoms with Gasteiger partial charge >= 0.3 is 0 Å². The summed E-state index contributed by atoms with van der Waals surface area (Å²) < 4.78 is 5.17. The average Bonchev–Trinajstić information content (AvgIpc) is 2.27. The third-order valence-corrected chi connectivity index (χ3v) is 2.04. The summed E-state index contributed by atoms with van der Waals surface area (Å²) in [7, 11) is 1.58. The average molecular weight is 187 g/mol. The Kier molecular flexibility index (Phi) is 2.14. The lowest BCUT2D eigenvalue weighted by molar-refractivity contribution is 0.111. The van der Waals surface area contributed by atoms with E-state index in [-0.39, 0.29) is 0 Å². The van der Waals surface area contributed by atoms with E-state index in [9.17, 15) is 4.79 Å². The molecule has 0 aliphatic rings. The van der Waals surface area contributed by atoms with Crippen molar-refractivity contribution in [2.45, 2.75) is 0 Å². The molecule has 70 valence electrons. The highest BCUT2D eigenvalue weighted by Gasteiger charge is 2.04. The van der Waals surface area contributed by atoms with E-state index in [4.69, 9.17) is 4.74 Å². The number of rotatable bonds is 2. The first kappa shape index (κ1) is 8.69. The molecule has 0 saturated heterocycles. The number of aromatic nitrogens is 1. The van der Waals surface area contributed by atoms with Crippen molar-refractivity contribution in [3.63, 3.8) is 0 Å². The van der Waals surface area contributed by atoms with E-state index in [1.807, 2.05) is 24.3 Å². The number of aldehydes is 1. The molecule has 1 aromatic carbocycles. The van der Waals surface area contributed by atoms with Gasteiger partial charge in [0.15, 0.2) is 6.29 Å². The molecule has 0 N–H and O–H groups in total. The molecule has 0 bridgehead atoms. The number of benzene rings is 1. The van der Waals surface area contributed by atoms with E-state index in [1.54, 1.807) is 13.2 Å². The number of hydrogen-bond acceptors (Lipinski definition) is 3. The van der Waals surface area contributed by atoms with Gasteiger partial charge in [-0.25, -0.2) is 4.98 Å². The van der Waals surface area contributed by atoms with E-state index >= 15 is 0 Å². The largest absolute Gasteiger partial charge is 0.496 e. The third kappa shape index (κ3) is 1.33. The van der Waals surface area contributed by atoms with Crippen LogP contribution in [0, 0.1) is 0 Å². The lowest BCUT2D eigenvalue weighted by Crippen LogP contribution is -1.92. The van der Waals surface area contributed by atoms with Gasteiger partial charge in [-0.2, -0.15) is 0 Å². The summed E-state index contributed by atoms with van der Waals surface area (Å²) in [6.07, 6.45) is 0.717. The Labute approximate surface area is 81.3 Å². The van der Waals surface area contributed by atoms with Crippen molar-refractivity contribution in [1.29, 1.82) is 0 Å². The topological polar surface area (TPSA) is 39.2 Å². The van der Waals surface area contributed by atoms with Gasteiger partial charge in [-0.3, -0.25) is 4.79 Å². The molecule has 1 heterocycles. The van der Waals surface area contributed by atoms with Crippen LogP contribution in [-0.4, -0.2) is 18.4 Å². The van der Waals surface area contributed by atoms with Crippen molar-refractivity contribution in [2.24, 2.45) is 0 Å². The van der Waals surface area contributed by atoms with Gasteiger partial charge in [-0.05, 0) is 12.1 Å². The zero-order chi connectivity index (χ0) is 9.97. The van der Waals surface area contributed by atoms with Crippen LogP contribution >= 0.6 is 0 Å². The first-order valence-electron chi connectivity index (χ1n) is 4.24. The lowest BCUT2D eigenvalue weighted by atomic mass is 10.2. The Hall–Kier alpha value is -1.90. The fraction of sp³-hybridized carbons (Fsp3) is 0.0909. The first-order chi connectivity index (χ1) is 6.85. The molecule has 2 rings (SSSR count). The van der Waals surface area contributed by atoms with E-state index in [0.717, 1.165) is 17.2 Å². The summed E-state index contributed by atoms with van der Waals surface area (Å²) in [5.41, 5.74) is 1.16. The van der Waals surface area contributed by atoms with Gasteiger partial charge in [-0.1, -0.05) is 12.1 Å². The Balaban J connectivity index is 2.79. The maximum atomic E-state index is 10.6. The van der Waals surface area contributed by atoms with E-state index in [0.29, 0.717) is 11.4 Å². The standard InChI is InChI=1S/C11H9NO2/c1-14-11-6-8(7-13)12-10-5-3-2-4-9(10)11/h2-7H,1H3. The molecule has 14 heavy (non-hydrogen) atoms. The van der Waals surface area contributed by atoms with Gasteiger partial charge in [-0.15, -0.1) is 0 Å². The molecule has 0 fully saturated rings. The molecule has 0 aliphatic heterocycles. The van der Waals surface area contributed by atoms with Crippen LogP contribution in [0.2, 0.25) is 0 Å². The third-order valence-electron chi connectivity index (χ3n) is 2.04. The number of pyridine rings is 1. The zero-order valence-corrected chi connectivity index (χ0v) is 7.73. The van der Waals surface area contributed by atoms with Crippen LogP contribution in [0.5, 0.6) is 5.75 Å². The van der Waals surface area contributed by atoms with Crippen LogP contribution in [0.4, 0.5) is 0 Å². The van der Waals surface area contributed by atoms with Crippen molar-refractivity contribution < 1.29 is 9.53 Å². The SMILES string of the molecule is COc1cc(C=O)nc2ccccc12. The van der Waals surface area contributed by atoms with Crippen molar-refractivity contribution in [1.82, 2.24) is 4.98 Å². The molecular formula is C11H9NO2. The van der Waals surface area contributed by atoms with Crippen LogP contribution in [-0.2, 0) is 0 Å². The fourth-order valence-corrected chi connectivity index (χ4v) is 1.39. The second-order valence-electron chi connectivity index (χ2n) is 2.88. The van der Waals surface area contributed by atoms with E-state index < -0.39 is 0 Å². The molecular weight excluding hydrogens is 178 g/mol. The second kappa shape index (κ2) is 3.46. The summed E-state index contributed by atoms with van der Waals surface area (Å²) >= 11 is 0. The lowest BCUT2D eigenvalue weighted by Gasteiger charge is -2.04. The minimum atomic E-state index is 0.389. The molecule has 0 spiro atoms. The van der Waals surface area contributed by atoms with Crippen LogP contribution < -0.4 is 4.74 Å². The summed E-state index contributed by atoms with van der Waals surface area (Å²) in [5, 5.41) is 0.917. The van der Waals surface area contributed by atoms with Gasteiger partial charge in [0.2, 0.25) is 0 Å². The number of hydrogen-bond donors (Lipinski definition) is 0. The summed E-state index contributed by atoms with van der Waals surface area (Å²) in [6.45, 7) is 0. The Bertz CT molecular complexity index is 480. The second-order valence-corrected chi connectivity index (χ2v) is 2.88. The van der Waals surface area contributed by atoms with Gasteiger partial charge in [0.05, 0.1) is 12.6 Å². The number of nitrogens with zero attached hydrogens (tertiary/aromatic N) is 1. The fourth-order valence-electron chi connectivity index (χ4n) is 1.39. The van der Waals surface area contributed by atoms with Crippen molar-refractivity contribution in [3.8, 4) is 5.75 Å². The van der Waals surface area contributed by atoms with Crippen molar-refractivity contribution >= 4 is 17.2 Å². The smallest absolute Gasteiger partial charge is 0.168 e. The Morgan fingerprint density at radius 1 is 1.36 bits per heavy atom. The summed E-state index contributed by atoms with van der Waals surface area (Å²) in [6, 6.07) is 9.19. The van der Waals surface area contributed by atoms with Crippen LogP contribution in [0.15, 0.2) is 30.3 Å². The van der Waals surface area contributed by atoms with Gasteiger partial charge in [0.25, 0.3) is 0 Å². The zero-order valence-electron chi connectivity index (χ0n) is 7.73. The highest BCUT2D eigenvalue weighted by atomic mass is 16.5. The minimum Gasteiger partial charge on any atom is -0.496 e. The maximum Gasteiger partial charge on any atom is 0.168 e. The molecule has 0 aliphatic carbocycles. The highest BCUT2D eigenvalue weighted by Crippen LogP contribution is 2.24. The molecule has 1 aromatic heterocycles. The van der Waals surface area contributed by atoms with E-state index in [2.05, 4.69) is 4.98 Å². The number of ether oxygens (including phenoxy) is 1. The van der Waals surface area contributed by atoms with Crippen LogP contribution in [0.1, 0.15) is 10.5 Å². The maximum absolute atomic E-state index is 10.6. The van der Waals surface area contributed by atoms with Crippen molar-refractivity contribution in [2.75, 3.05) is 7.11 Å². The number of fused-ring (bicyclic) bond motifs is 1.